The minimum absolute atomic E-state index is 0.344. The highest BCUT2D eigenvalue weighted by atomic mass is 16.5. The highest BCUT2D eigenvalue weighted by molar-refractivity contribution is 5.86. The van der Waals surface area contributed by atoms with Gasteiger partial charge in [0.1, 0.15) is 26.4 Å². The molecule has 0 saturated carbocycles. The third kappa shape index (κ3) is 12.6. The summed E-state index contributed by atoms with van der Waals surface area (Å²) < 4.78 is 21.8. The second kappa shape index (κ2) is 18.3. The van der Waals surface area contributed by atoms with E-state index >= 15 is 0 Å². The lowest BCUT2D eigenvalue weighted by Gasteiger charge is -2.11. The normalized spacial score (nSPS) is 10.1. The fourth-order valence-corrected chi connectivity index (χ4v) is 2.65. The van der Waals surface area contributed by atoms with Gasteiger partial charge in [0.05, 0.1) is 0 Å². The van der Waals surface area contributed by atoms with E-state index in [-0.39, 0.29) is 0 Å². The molecule has 0 fully saturated rings. The van der Waals surface area contributed by atoms with Gasteiger partial charge in [-0.1, -0.05) is 62.8 Å². The summed E-state index contributed by atoms with van der Waals surface area (Å²) >= 11 is 0. The summed E-state index contributed by atoms with van der Waals surface area (Å²) in [5.41, 5.74) is 1.43. The Labute approximate surface area is 222 Å². The van der Waals surface area contributed by atoms with Crippen molar-refractivity contribution in [2.45, 2.75) is 0 Å². The molecule has 8 heteroatoms. The van der Waals surface area contributed by atoms with Crippen LogP contribution in [0.1, 0.15) is 11.1 Å². The molecule has 2 rings (SSSR count). The van der Waals surface area contributed by atoms with Crippen LogP contribution in [0.15, 0.2) is 99.2 Å². The quantitative estimate of drug-likeness (QED) is 0.210. The number of hydrogen-bond acceptors (Lipinski definition) is 6. The standard InChI is InChI=1S/2C15H16O4/c2*1-3-9-18-13-7-5-12(6-8-15(16)17)11-14(13)19-10-4-2/h2*3-8,11H,1-2,9-10H2,(H,16,17)/b2*8-6+. The molecule has 0 aliphatic carbocycles. The van der Waals surface area contributed by atoms with E-state index in [0.717, 1.165) is 12.2 Å². The van der Waals surface area contributed by atoms with Crippen LogP contribution in [0.2, 0.25) is 0 Å². The van der Waals surface area contributed by atoms with Crippen LogP contribution in [0, 0.1) is 0 Å². The van der Waals surface area contributed by atoms with Crippen molar-refractivity contribution in [2.75, 3.05) is 26.4 Å². The molecule has 0 amide bonds. The summed E-state index contributed by atoms with van der Waals surface area (Å²) in [4.78, 5) is 20.9. The lowest BCUT2D eigenvalue weighted by Crippen LogP contribution is -1.99. The van der Waals surface area contributed by atoms with Gasteiger partial charge >= 0.3 is 11.9 Å². The molecule has 0 unspecified atom stereocenters. The Bertz CT molecular complexity index is 1070. The number of ether oxygens (including phenoxy) is 4. The average Bonchev–Trinajstić information content (AvgIpc) is 2.91. The smallest absolute Gasteiger partial charge is 0.328 e. The van der Waals surface area contributed by atoms with Crippen molar-refractivity contribution < 1.29 is 38.7 Å². The first kappa shape index (κ1) is 31.1. The van der Waals surface area contributed by atoms with Gasteiger partial charge in [-0.15, -0.1) is 0 Å². The molecule has 2 aromatic carbocycles. The van der Waals surface area contributed by atoms with Crippen molar-refractivity contribution in [1.82, 2.24) is 0 Å². The number of carboxylic acids is 2. The van der Waals surface area contributed by atoms with E-state index in [9.17, 15) is 9.59 Å². The van der Waals surface area contributed by atoms with Crippen LogP contribution in [-0.4, -0.2) is 48.6 Å². The van der Waals surface area contributed by atoms with Gasteiger partial charge in [0.25, 0.3) is 0 Å². The fourth-order valence-electron chi connectivity index (χ4n) is 2.65. The Morgan fingerprint density at radius 3 is 1.18 bits per heavy atom. The van der Waals surface area contributed by atoms with Crippen molar-refractivity contribution in [3.8, 4) is 23.0 Å². The van der Waals surface area contributed by atoms with Crippen LogP contribution in [0.25, 0.3) is 12.2 Å². The van der Waals surface area contributed by atoms with Gasteiger partial charge in [-0.3, -0.25) is 0 Å². The van der Waals surface area contributed by atoms with Crippen LogP contribution in [0.4, 0.5) is 0 Å². The van der Waals surface area contributed by atoms with Crippen LogP contribution in [0.5, 0.6) is 23.0 Å². The minimum atomic E-state index is -0.999. The summed E-state index contributed by atoms with van der Waals surface area (Å²) in [7, 11) is 0. The van der Waals surface area contributed by atoms with Crippen molar-refractivity contribution in [1.29, 1.82) is 0 Å². The maximum Gasteiger partial charge on any atom is 0.328 e. The molecule has 0 heterocycles. The highest BCUT2D eigenvalue weighted by Crippen LogP contribution is 2.30. The largest absolute Gasteiger partial charge is 0.486 e. The van der Waals surface area contributed by atoms with Crippen LogP contribution in [0.3, 0.4) is 0 Å². The zero-order chi connectivity index (χ0) is 28.2. The number of carbonyl (C=O) groups is 2. The molecule has 38 heavy (non-hydrogen) atoms. The molecule has 0 aliphatic heterocycles. The predicted molar refractivity (Wildman–Crippen MR) is 149 cm³/mol. The molecule has 0 saturated heterocycles. The van der Waals surface area contributed by atoms with E-state index in [1.807, 2.05) is 0 Å². The molecule has 0 spiro atoms. The Hall–Kier alpha value is -4.98. The second-order valence-electron chi connectivity index (χ2n) is 7.15. The fraction of sp³-hybridized carbons (Fsp3) is 0.133. The Morgan fingerprint density at radius 2 is 0.895 bits per heavy atom. The second-order valence-corrected chi connectivity index (χ2v) is 7.15. The molecule has 0 aliphatic rings. The Kier molecular flexibility index (Phi) is 15.0. The number of aliphatic carboxylic acids is 2. The van der Waals surface area contributed by atoms with Crippen LogP contribution in [-0.2, 0) is 9.59 Å². The average molecular weight is 521 g/mol. The maximum atomic E-state index is 10.5. The highest BCUT2D eigenvalue weighted by Gasteiger charge is 2.06. The van der Waals surface area contributed by atoms with Crippen molar-refractivity contribution in [3.05, 3.63) is 110 Å². The number of hydrogen-bond donors (Lipinski definition) is 2. The zero-order valence-electron chi connectivity index (χ0n) is 21.1. The zero-order valence-corrected chi connectivity index (χ0v) is 21.1. The lowest BCUT2D eigenvalue weighted by molar-refractivity contribution is -0.132. The summed E-state index contributed by atoms with van der Waals surface area (Å²) in [5, 5.41) is 17.2. The van der Waals surface area contributed by atoms with Gasteiger partial charge in [-0.25, -0.2) is 9.59 Å². The van der Waals surface area contributed by atoms with Crippen molar-refractivity contribution >= 4 is 24.1 Å². The van der Waals surface area contributed by atoms with Crippen molar-refractivity contribution in [3.63, 3.8) is 0 Å². The van der Waals surface area contributed by atoms with E-state index in [1.54, 1.807) is 60.7 Å². The first-order valence-corrected chi connectivity index (χ1v) is 11.4. The molecule has 0 atom stereocenters. The maximum absolute atomic E-state index is 10.5. The molecule has 0 bridgehead atoms. The summed E-state index contributed by atoms with van der Waals surface area (Å²) in [5.74, 6) is 0.230. The topological polar surface area (TPSA) is 112 Å². The van der Waals surface area contributed by atoms with E-state index in [1.165, 1.54) is 12.2 Å². The third-order valence-electron chi connectivity index (χ3n) is 4.20. The molecule has 200 valence electrons. The summed E-state index contributed by atoms with van der Waals surface area (Å²) in [6.45, 7) is 15.7. The Morgan fingerprint density at radius 1 is 0.579 bits per heavy atom. The van der Waals surface area contributed by atoms with Gasteiger partial charge in [0.15, 0.2) is 23.0 Å². The monoisotopic (exact) mass is 520 g/mol. The SMILES string of the molecule is C=CCOc1ccc(/C=C/C(=O)O)cc1OCC=C.C=CCOc1ccc(/C=C/C(=O)O)cc1OCC=C. The molecule has 2 aromatic rings. The first-order valence-electron chi connectivity index (χ1n) is 11.4. The molecule has 0 aromatic heterocycles. The molecule has 0 radical (unpaired) electrons. The van der Waals surface area contributed by atoms with E-state index in [4.69, 9.17) is 29.2 Å². The number of benzene rings is 2. The van der Waals surface area contributed by atoms with Gasteiger partial charge in [0, 0.05) is 12.2 Å². The third-order valence-corrected chi connectivity index (χ3v) is 4.20. The molecular formula is C30H32O8. The summed E-state index contributed by atoms with van der Waals surface area (Å²) in [6, 6.07) is 10.4. The summed E-state index contributed by atoms with van der Waals surface area (Å²) in [6.07, 6.45) is 11.6. The van der Waals surface area contributed by atoms with E-state index < -0.39 is 11.9 Å². The van der Waals surface area contributed by atoms with Gasteiger partial charge in [0.2, 0.25) is 0 Å². The lowest BCUT2D eigenvalue weighted by atomic mass is 10.2. The van der Waals surface area contributed by atoms with Gasteiger partial charge in [-0.2, -0.15) is 0 Å². The first-order chi connectivity index (χ1) is 18.3. The van der Waals surface area contributed by atoms with Gasteiger partial charge in [-0.05, 0) is 47.5 Å². The Balaban J connectivity index is 0.000000380. The van der Waals surface area contributed by atoms with Crippen LogP contribution < -0.4 is 18.9 Å². The van der Waals surface area contributed by atoms with Crippen LogP contribution >= 0.6 is 0 Å². The van der Waals surface area contributed by atoms with Gasteiger partial charge < -0.3 is 29.2 Å². The van der Waals surface area contributed by atoms with E-state index in [2.05, 4.69) is 26.3 Å². The predicted octanol–water partition coefficient (Wildman–Crippen LogP) is 5.83. The number of rotatable bonds is 16. The number of carboxylic acid groups (broad SMARTS) is 2. The molecule has 2 N–H and O–H groups in total. The molecular weight excluding hydrogens is 488 g/mol. The molecule has 8 nitrogen and oxygen atoms in total. The van der Waals surface area contributed by atoms with E-state index in [0.29, 0.717) is 60.6 Å². The van der Waals surface area contributed by atoms with Crippen molar-refractivity contribution in [2.24, 2.45) is 0 Å². The minimum Gasteiger partial charge on any atom is -0.486 e.